The van der Waals surface area contributed by atoms with Crippen LogP contribution in [0.25, 0.3) is 0 Å². The second-order valence-corrected chi connectivity index (χ2v) is 4.58. The lowest BCUT2D eigenvalue weighted by atomic mass is 9.98. The van der Waals surface area contributed by atoms with Crippen LogP contribution in [0, 0.1) is 0 Å². The first-order chi connectivity index (χ1) is 7.94. The summed E-state index contributed by atoms with van der Waals surface area (Å²) in [6.45, 7) is 7.41. The number of unbranched alkanes of at least 4 members (excludes halogenated alkanes) is 1. The fraction of sp³-hybridized carbons (Fsp3) is 0.538. The van der Waals surface area contributed by atoms with Crippen LogP contribution in [0.3, 0.4) is 0 Å². The number of carbonyl (C=O) groups is 2. The highest BCUT2D eigenvalue weighted by molar-refractivity contribution is 5.99. The first-order valence-electron chi connectivity index (χ1n) is 5.66. The first kappa shape index (κ1) is 13.5. The molecule has 0 fully saturated rings. The summed E-state index contributed by atoms with van der Waals surface area (Å²) in [5, 5.41) is 0. The van der Waals surface area contributed by atoms with Crippen LogP contribution >= 0.6 is 0 Å². The summed E-state index contributed by atoms with van der Waals surface area (Å²) in [7, 11) is 0. The van der Waals surface area contributed by atoms with E-state index in [0.717, 1.165) is 12.8 Å². The number of carbonyl (C=O) groups excluding carboxylic acids is 2. The molecule has 4 nitrogen and oxygen atoms in total. The lowest BCUT2D eigenvalue weighted by Gasteiger charge is -2.29. The van der Waals surface area contributed by atoms with E-state index in [1.807, 2.05) is 0 Å². The van der Waals surface area contributed by atoms with Crippen molar-refractivity contribution in [2.75, 3.05) is 6.61 Å². The molecule has 1 heterocycles. The van der Waals surface area contributed by atoms with Gasteiger partial charge in [-0.25, -0.2) is 4.79 Å². The Morgan fingerprint density at radius 2 is 2.35 bits per heavy atom. The quantitative estimate of drug-likeness (QED) is 0.418. The fourth-order valence-corrected chi connectivity index (χ4v) is 1.54. The second kappa shape index (κ2) is 5.66. The number of ketones is 1. The highest BCUT2D eigenvalue weighted by Gasteiger charge is 2.32. The van der Waals surface area contributed by atoms with E-state index >= 15 is 0 Å². The zero-order valence-corrected chi connectivity index (χ0v) is 10.3. The fourth-order valence-electron chi connectivity index (χ4n) is 1.54. The maximum Gasteiger partial charge on any atom is 0.373 e. The summed E-state index contributed by atoms with van der Waals surface area (Å²) in [5.74, 6) is -0.681. The highest BCUT2D eigenvalue weighted by atomic mass is 16.6. The van der Waals surface area contributed by atoms with Crippen molar-refractivity contribution in [2.24, 2.45) is 0 Å². The maximum atomic E-state index is 11.6. The molecule has 0 spiro atoms. The van der Waals surface area contributed by atoms with Gasteiger partial charge in [0.25, 0.3) is 0 Å². The number of hydrogen-bond acceptors (Lipinski definition) is 4. The molecular formula is C13H18O4. The molecule has 17 heavy (non-hydrogen) atoms. The van der Waals surface area contributed by atoms with Gasteiger partial charge in [-0.1, -0.05) is 6.08 Å². The Hall–Kier alpha value is -1.58. The Balaban J connectivity index is 2.51. The first-order valence-corrected chi connectivity index (χ1v) is 5.66. The minimum Gasteiger partial charge on any atom is -0.480 e. The van der Waals surface area contributed by atoms with Gasteiger partial charge >= 0.3 is 5.97 Å². The predicted octanol–water partition coefficient (Wildman–Crippen LogP) is 2.15. The van der Waals surface area contributed by atoms with Crippen molar-refractivity contribution in [3.05, 3.63) is 24.5 Å². The molecule has 4 heteroatoms. The molecule has 1 rings (SSSR count). The van der Waals surface area contributed by atoms with Gasteiger partial charge in [0.05, 0.1) is 6.61 Å². The number of ether oxygens (including phenoxy) is 2. The third-order valence-corrected chi connectivity index (χ3v) is 2.27. The van der Waals surface area contributed by atoms with E-state index in [1.54, 1.807) is 19.9 Å². The summed E-state index contributed by atoms with van der Waals surface area (Å²) >= 11 is 0. The topological polar surface area (TPSA) is 52.6 Å². The molecule has 94 valence electrons. The zero-order valence-electron chi connectivity index (χ0n) is 10.3. The average molecular weight is 238 g/mol. The van der Waals surface area contributed by atoms with E-state index < -0.39 is 11.6 Å². The molecule has 0 saturated carbocycles. The van der Waals surface area contributed by atoms with Crippen molar-refractivity contribution in [3.63, 3.8) is 0 Å². The normalized spacial score (nSPS) is 18.0. The van der Waals surface area contributed by atoms with Crippen LogP contribution in [0.1, 0.15) is 33.1 Å². The van der Waals surface area contributed by atoms with E-state index in [0.29, 0.717) is 6.61 Å². The zero-order chi connectivity index (χ0) is 12.9. The molecule has 0 amide bonds. The van der Waals surface area contributed by atoms with Gasteiger partial charge in [-0.3, -0.25) is 4.79 Å². The van der Waals surface area contributed by atoms with Gasteiger partial charge in [-0.2, -0.15) is 0 Å². The average Bonchev–Trinajstić information content (AvgIpc) is 2.21. The van der Waals surface area contributed by atoms with Crippen molar-refractivity contribution in [2.45, 2.75) is 38.7 Å². The highest BCUT2D eigenvalue weighted by Crippen LogP contribution is 2.25. The summed E-state index contributed by atoms with van der Waals surface area (Å²) in [4.78, 5) is 23.0. The van der Waals surface area contributed by atoms with Crippen molar-refractivity contribution in [1.82, 2.24) is 0 Å². The lowest BCUT2D eigenvalue weighted by molar-refractivity contribution is -0.149. The van der Waals surface area contributed by atoms with Crippen LogP contribution in [0.5, 0.6) is 0 Å². The van der Waals surface area contributed by atoms with Crippen LogP contribution in [0.2, 0.25) is 0 Å². The van der Waals surface area contributed by atoms with Crippen LogP contribution in [0.4, 0.5) is 0 Å². The molecule has 0 radical (unpaired) electrons. The van der Waals surface area contributed by atoms with Crippen LogP contribution in [0.15, 0.2) is 24.5 Å². The van der Waals surface area contributed by atoms with E-state index in [1.165, 1.54) is 6.08 Å². The Morgan fingerprint density at radius 1 is 1.65 bits per heavy atom. The van der Waals surface area contributed by atoms with Crippen molar-refractivity contribution in [1.29, 1.82) is 0 Å². The number of hydrogen-bond donors (Lipinski definition) is 0. The molecule has 0 N–H and O–H groups in total. The maximum absolute atomic E-state index is 11.6. The third kappa shape index (κ3) is 4.43. The predicted molar refractivity (Wildman–Crippen MR) is 63.3 cm³/mol. The van der Waals surface area contributed by atoms with Crippen molar-refractivity contribution in [3.8, 4) is 0 Å². The summed E-state index contributed by atoms with van der Waals surface area (Å²) in [5.41, 5.74) is -0.638. The molecule has 0 aromatic heterocycles. The van der Waals surface area contributed by atoms with Gasteiger partial charge < -0.3 is 9.47 Å². The third-order valence-electron chi connectivity index (χ3n) is 2.27. The van der Waals surface area contributed by atoms with Gasteiger partial charge in [-0.05, 0) is 26.7 Å². The number of esters is 1. The van der Waals surface area contributed by atoms with Gasteiger partial charge in [0.2, 0.25) is 5.76 Å². The largest absolute Gasteiger partial charge is 0.480 e. The summed E-state index contributed by atoms with van der Waals surface area (Å²) in [6.07, 6.45) is 4.76. The molecule has 0 aromatic rings. The standard InChI is InChI=1S/C13H18O4/c1-4-5-6-7-16-12(15)11-8-10(14)9-13(2,3)17-11/h4,8H,1,5-7,9H2,2-3H3. The SMILES string of the molecule is C=CCCCOC(=O)C1=CC(=O)CC(C)(C)O1. The van der Waals surface area contributed by atoms with E-state index in [4.69, 9.17) is 9.47 Å². The minimum absolute atomic E-state index is 0.00449. The Labute approximate surface area is 101 Å². The molecule has 1 aliphatic heterocycles. The Kier molecular flexibility index (Phi) is 4.49. The number of rotatable bonds is 5. The van der Waals surface area contributed by atoms with Crippen molar-refractivity contribution < 1.29 is 19.1 Å². The molecule has 0 bridgehead atoms. The summed E-state index contributed by atoms with van der Waals surface area (Å²) < 4.78 is 10.4. The van der Waals surface area contributed by atoms with E-state index in [-0.39, 0.29) is 18.0 Å². The molecule has 0 aliphatic carbocycles. The van der Waals surface area contributed by atoms with Gasteiger partial charge in [-0.15, -0.1) is 6.58 Å². The Morgan fingerprint density at radius 3 is 2.94 bits per heavy atom. The Bertz CT molecular complexity index is 352. The van der Waals surface area contributed by atoms with Crippen molar-refractivity contribution >= 4 is 11.8 Å². The molecule has 0 unspecified atom stereocenters. The van der Waals surface area contributed by atoms with Gasteiger partial charge in [0.15, 0.2) is 5.78 Å². The molecule has 0 saturated heterocycles. The van der Waals surface area contributed by atoms with E-state index in [9.17, 15) is 9.59 Å². The number of allylic oxidation sites excluding steroid dienone is 2. The van der Waals surface area contributed by atoms with Gasteiger partial charge in [0.1, 0.15) is 5.60 Å². The summed E-state index contributed by atoms with van der Waals surface area (Å²) in [6, 6.07) is 0. The van der Waals surface area contributed by atoms with Crippen LogP contribution in [-0.4, -0.2) is 24.0 Å². The van der Waals surface area contributed by atoms with E-state index in [2.05, 4.69) is 6.58 Å². The van der Waals surface area contributed by atoms with Crippen LogP contribution in [-0.2, 0) is 19.1 Å². The monoisotopic (exact) mass is 238 g/mol. The second-order valence-electron chi connectivity index (χ2n) is 4.58. The molecule has 0 aromatic carbocycles. The molecular weight excluding hydrogens is 220 g/mol. The smallest absolute Gasteiger partial charge is 0.373 e. The van der Waals surface area contributed by atoms with Crippen LogP contribution < -0.4 is 0 Å². The molecule has 0 atom stereocenters. The molecule has 1 aliphatic rings. The van der Waals surface area contributed by atoms with Gasteiger partial charge in [0, 0.05) is 12.5 Å². The lowest BCUT2D eigenvalue weighted by Crippen LogP contribution is -2.33. The minimum atomic E-state index is -0.638.